The fourth-order valence-electron chi connectivity index (χ4n) is 5.82. The van der Waals surface area contributed by atoms with E-state index < -0.39 is 5.41 Å². The second kappa shape index (κ2) is 10.6. The van der Waals surface area contributed by atoms with Gasteiger partial charge in [-0.25, -0.2) is 0 Å². The molecule has 1 aliphatic heterocycles. The third-order valence-electron chi connectivity index (χ3n) is 7.69. The van der Waals surface area contributed by atoms with Gasteiger partial charge in [-0.15, -0.1) is 0 Å². The van der Waals surface area contributed by atoms with Gasteiger partial charge >= 0.3 is 5.97 Å². The Balaban J connectivity index is 1.39. The largest absolute Gasteiger partial charge is 0.465 e. The maximum absolute atomic E-state index is 13.8. The second-order valence-electron chi connectivity index (χ2n) is 9.65. The number of benzene rings is 3. The van der Waals surface area contributed by atoms with Gasteiger partial charge in [0.25, 0.3) is 5.91 Å². The normalized spacial score (nSPS) is 21.2. The third kappa shape index (κ3) is 4.52. The number of rotatable bonds is 5. The van der Waals surface area contributed by atoms with E-state index in [0.29, 0.717) is 51.2 Å². The highest BCUT2D eigenvalue weighted by Crippen LogP contribution is 2.48. The van der Waals surface area contributed by atoms with Crippen LogP contribution < -0.4 is 0 Å². The molecule has 0 saturated carbocycles. The van der Waals surface area contributed by atoms with Crippen molar-refractivity contribution in [3.8, 4) is 0 Å². The van der Waals surface area contributed by atoms with E-state index in [9.17, 15) is 14.4 Å². The molecule has 6 heteroatoms. The Labute approximate surface area is 217 Å². The van der Waals surface area contributed by atoms with Gasteiger partial charge in [0.1, 0.15) is 5.41 Å². The lowest BCUT2D eigenvalue weighted by atomic mass is 9.63. The first-order chi connectivity index (χ1) is 18.1. The van der Waals surface area contributed by atoms with Gasteiger partial charge in [-0.1, -0.05) is 72.8 Å². The molecule has 2 aliphatic rings. The number of hydrogen-bond acceptors (Lipinski definition) is 4. The van der Waals surface area contributed by atoms with Crippen molar-refractivity contribution < 1.29 is 19.1 Å². The summed E-state index contributed by atoms with van der Waals surface area (Å²) in [6.07, 6.45) is 1.04. The molecule has 0 aromatic heterocycles. The van der Waals surface area contributed by atoms with Crippen LogP contribution >= 0.6 is 0 Å². The van der Waals surface area contributed by atoms with Crippen LogP contribution in [0.2, 0.25) is 0 Å². The molecule has 3 aromatic rings. The van der Waals surface area contributed by atoms with Gasteiger partial charge in [0, 0.05) is 31.7 Å². The Morgan fingerprint density at radius 2 is 1.41 bits per heavy atom. The molecule has 1 saturated heterocycles. The Morgan fingerprint density at radius 3 is 2.08 bits per heavy atom. The van der Waals surface area contributed by atoms with Crippen LogP contribution in [0.15, 0.2) is 84.9 Å². The maximum atomic E-state index is 13.8. The van der Waals surface area contributed by atoms with E-state index in [2.05, 4.69) is 0 Å². The summed E-state index contributed by atoms with van der Waals surface area (Å²) in [5, 5.41) is 0. The number of ether oxygens (including phenoxy) is 1. The van der Waals surface area contributed by atoms with Gasteiger partial charge in [-0.2, -0.15) is 0 Å². The van der Waals surface area contributed by atoms with Crippen LogP contribution in [-0.4, -0.2) is 60.4 Å². The average molecular weight is 497 g/mol. The van der Waals surface area contributed by atoms with Crippen molar-refractivity contribution >= 4 is 17.8 Å². The maximum Gasteiger partial charge on any atom is 0.321 e. The highest BCUT2D eigenvalue weighted by atomic mass is 16.5. The monoisotopic (exact) mass is 496 g/mol. The van der Waals surface area contributed by atoms with E-state index in [0.717, 1.165) is 16.7 Å². The zero-order valence-corrected chi connectivity index (χ0v) is 21.1. The lowest BCUT2D eigenvalue weighted by Crippen LogP contribution is -2.52. The molecule has 2 amide bonds. The summed E-state index contributed by atoms with van der Waals surface area (Å²) >= 11 is 0. The topological polar surface area (TPSA) is 66.9 Å². The number of piperazine rings is 1. The Hall–Kier alpha value is -3.93. The number of hydrogen-bond donors (Lipinski definition) is 0. The van der Waals surface area contributed by atoms with Crippen LogP contribution in [0.4, 0.5) is 0 Å². The summed E-state index contributed by atoms with van der Waals surface area (Å²) in [5.74, 6) is -0.547. The summed E-state index contributed by atoms with van der Waals surface area (Å²) in [6.45, 7) is 4.12. The van der Waals surface area contributed by atoms with Gasteiger partial charge in [0.2, 0.25) is 5.91 Å². The first-order valence-electron chi connectivity index (χ1n) is 13.0. The summed E-state index contributed by atoms with van der Waals surface area (Å²) < 4.78 is 5.61. The molecule has 3 aromatic carbocycles. The SMILES string of the molecule is CCOC(=O)[C@]1(c2ccccc2)CC[C@H](C(=O)N2CCN(C(=O)c3ccccc3)CC2)c2ccccc21. The zero-order valence-electron chi connectivity index (χ0n) is 21.1. The quantitative estimate of drug-likeness (QED) is 0.491. The summed E-state index contributed by atoms with van der Waals surface area (Å²) in [5.41, 5.74) is 2.35. The molecular formula is C31H32N2O4. The van der Waals surface area contributed by atoms with Crippen molar-refractivity contribution in [1.29, 1.82) is 0 Å². The van der Waals surface area contributed by atoms with Crippen molar-refractivity contribution in [2.45, 2.75) is 31.1 Å². The number of esters is 1. The first-order valence-corrected chi connectivity index (χ1v) is 13.0. The predicted molar refractivity (Wildman–Crippen MR) is 141 cm³/mol. The van der Waals surface area contributed by atoms with E-state index in [1.54, 1.807) is 0 Å². The fourth-order valence-corrected chi connectivity index (χ4v) is 5.82. The molecule has 1 fully saturated rings. The van der Waals surface area contributed by atoms with E-state index in [1.807, 2.05) is 102 Å². The summed E-state index contributed by atoms with van der Waals surface area (Å²) in [7, 11) is 0. The molecule has 2 atom stereocenters. The molecule has 1 aliphatic carbocycles. The number of amides is 2. The van der Waals surface area contributed by atoms with Crippen molar-refractivity contribution in [2.75, 3.05) is 32.8 Å². The van der Waals surface area contributed by atoms with Crippen molar-refractivity contribution in [3.63, 3.8) is 0 Å². The molecule has 0 unspecified atom stereocenters. The van der Waals surface area contributed by atoms with Crippen molar-refractivity contribution in [3.05, 3.63) is 107 Å². The van der Waals surface area contributed by atoms with Crippen molar-refractivity contribution in [1.82, 2.24) is 9.80 Å². The molecule has 1 heterocycles. The molecule has 0 spiro atoms. The fraction of sp³-hybridized carbons (Fsp3) is 0.323. The van der Waals surface area contributed by atoms with Crippen LogP contribution in [-0.2, 0) is 19.7 Å². The van der Waals surface area contributed by atoms with Gasteiger partial charge in [0.05, 0.1) is 12.5 Å². The average Bonchev–Trinajstić information content (AvgIpc) is 2.97. The lowest BCUT2D eigenvalue weighted by Gasteiger charge is -2.42. The number of fused-ring (bicyclic) bond motifs is 1. The van der Waals surface area contributed by atoms with Gasteiger partial charge in [-0.05, 0) is 48.6 Å². The molecule has 6 nitrogen and oxygen atoms in total. The van der Waals surface area contributed by atoms with E-state index in [4.69, 9.17) is 4.74 Å². The predicted octanol–water partition coefficient (Wildman–Crippen LogP) is 4.40. The van der Waals surface area contributed by atoms with Crippen LogP contribution in [0, 0.1) is 0 Å². The summed E-state index contributed by atoms with van der Waals surface area (Å²) in [4.78, 5) is 43.9. The first kappa shape index (κ1) is 24.8. The van der Waals surface area contributed by atoms with Gasteiger partial charge < -0.3 is 14.5 Å². The Morgan fingerprint density at radius 1 is 0.811 bits per heavy atom. The zero-order chi connectivity index (χ0) is 25.8. The number of carbonyl (C=O) groups excluding carboxylic acids is 3. The third-order valence-corrected chi connectivity index (χ3v) is 7.69. The molecule has 0 bridgehead atoms. The number of nitrogens with zero attached hydrogens (tertiary/aromatic N) is 2. The molecular weight excluding hydrogens is 464 g/mol. The van der Waals surface area contributed by atoms with E-state index in [-0.39, 0.29) is 23.7 Å². The highest BCUT2D eigenvalue weighted by Gasteiger charge is 2.50. The van der Waals surface area contributed by atoms with E-state index >= 15 is 0 Å². The smallest absolute Gasteiger partial charge is 0.321 e. The molecule has 5 rings (SSSR count). The van der Waals surface area contributed by atoms with Gasteiger partial charge in [0.15, 0.2) is 0 Å². The standard InChI is InChI=1S/C31H32N2O4/c1-2-37-30(36)31(24-13-7-4-8-14-24)18-17-26(25-15-9-10-16-27(25)31)29(35)33-21-19-32(20-22-33)28(34)23-11-5-3-6-12-23/h3-16,26H,2,17-22H2,1H3/t26-,31-/m0/s1. The van der Waals surface area contributed by atoms with Crippen LogP contribution in [0.25, 0.3) is 0 Å². The minimum Gasteiger partial charge on any atom is -0.465 e. The summed E-state index contributed by atoms with van der Waals surface area (Å²) in [6, 6.07) is 26.8. The lowest BCUT2D eigenvalue weighted by molar-refractivity contribution is -0.149. The Bertz CT molecular complexity index is 1270. The minimum absolute atomic E-state index is 0.00204. The van der Waals surface area contributed by atoms with E-state index in [1.165, 1.54) is 0 Å². The van der Waals surface area contributed by atoms with Crippen LogP contribution in [0.1, 0.15) is 52.7 Å². The minimum atomic E-state index is -0.939. The van der Waals surface area contributed by atoms with Crippen molar-refractivity contribution in [2.24, 2.45) is 0 Å². The number of carbonyl (C=O) groups is 3. The highest BCUT2D eigenvalue weighted by molar-refractivity contribution is 5.95. The Kier molecular flexibility index (Phi) is 7.08. The van der Waals surface area contributed by atoms with Crippen LogP contribution in [0.3, 0.4) is 0 Å². The second-order valence-corrected chi connectivity index (χ2v) is 9.65. The van der Waals surface area contributed by atoms with Crippen LogP contribution in [0.5, 0.6) is 0 Å². The molecule has 37 heavy (non-hydrogen) atoms. The van der Waals surface area contributed by atoms with Gasteiger partial charge in [-0.3, -0.25) is 14.4 Å². The molecule has 190 valence electrons. The molecule has 0 radical (unpaired) electrons. The molecule has 0 N–H and O–H groups in total.